The number of hydrogen-bond acceptors (Lipinski definition) is 2. The molecule has 1 N–H and O–H groups in total. The molecule has 23 heavy (non-hydrogen) atoms. The Balaban J connectivity index is 1.68. The Hall–Kier alpha value is -0.0800. The first kappa shape index (κ1) is 16.4. The van der Waals surface area contributed by atoms with Crippen molar-refractivity contribution in [1.29, 1.82) is 0 Å². The number of ether oxygens (including phenoxy) is 1. The molecule has 4 rings (SSSR count). The summed E-state index contributed by atoms with van der Waals surface area (Å²) in [5, 5.41) is 4.07. The molecule has 0 aromatic rings. The third-order valence-electron chi connectivity index (χ3n) is 7.85. The maximum Gasteiger partial charge on any atom is 0.0655 e. The van der Waals surface area contributed by atoms with Gasteiger partial charge in [0.15, 0.2) is 0 Å². The number of fused-ring (bicyclic) bond motifs is 6. The first-order chi connectivity index (χ1) is 11.0. The van der Waals surface area contributed by atoms with Crippen molar-refractivity contribution in [3.05, 3.63) is 0 Å². The summed E-state index contributed by atoms with van der Waals surface area (Å²) in [6, 6.07) is 0.749. The van der Waals surface area contributed by atoms with E-state index in [-0.39, 0.29) is 5.60 Å². The fourth-order valence-corrected chi connectivity index (χ4v) is 6.45. The van der Waals surface area contributed by atoms with E-state index in [2.05, 4.69) is 19.2 Å². The topological polar surface area (TPSA) is 21.3 Å². The number of nitrogens with one attached hydrogen (secondary N) is 1. The van der Waals surface area contributed by atoms with Gasteiger partial charge in [-0.1, -0.05) is 32.6 Å². The summed E-state index contributed by atoms with van der Waals surface area (Å²) < 4.78 is 6.76. The van der Waals surface area contributed by atoms with Gasteiger partial charge in [-0.15, -0.1) is 0 Å². The monoisotopic (exact) mass is 319 g/mol. The fourth-order valence-electron chi connectivity index (χ4n) is 6.45. The highest BCUT2D eigenvalue weighted by atomic mass is 16.5. The van der Waals surface area contributed by atoms with E-state index in [9.17, 15) is 0 Å². The summed E-state index contributed by atoms with van der Waals surface area (Å²) in [5.74, 6) is 0.883. The zero-order valence-corrected chi connectivity index (χ0v) is 15.5. The molecule has 1 spiro atoms. The summed E-state index contributed by atoms with van der Waals surface area (Å²) >= 11 is 0. The molecule has 2 saturated carbocycles. The van der Waals surface area contributed by atoms with Gasteiger partial charge in [-0.25, -0.2) is 0 Å². The summed E-state index contributed by atoms with van der Waals surface area (Å²) in [6.45, 7) is 7.23. The molecule has 0 amide bonds. The molecule has 5 bridgehead atoms. The maximum atomic E-state index is 6.76. The molecule has 4 aliphatic rings. The molecule has 132 valence electrons. The van der Waals surface area contributed by atoms with E-state index in [1.165, 1.54) is 83.6 Å². The Morgan fingerprint density at radius 2 is 1.83 bits per heavy atom. The van der Waals surface area contributed by atoms with E-state index in [1.54, 1.807) is 0 Å². The van der Waals surface area contributed by atoms with Crippen LogP contribution in [0.3, 0.4) is 0 Å². The van der Waals surface area contributed by atoms with Gasteiger partial charge in [0.1, 0.15) is 0 Å². The highest BCUT2D eigenvalue weighted by Gasteiger charge is 2.49. The van der Waals surface area contributed by atoms with Crippen LogP contribution in [0.15, 0.2) is 0 Å². The van der Waals surface area contributed by atoms with Crippen LogP contribution in [0.2, 0.25) is 0 Å². The smallest absolute Gasteiger partial charge is 0.0655 e. The van der Waals surface area contributed by atoms with E-state index in [1.807, 2.05) is 0 Å². The van der Waals surface area contributed by atoms with Crippen LogP contribution in [0.4, 0.5) is 0 Å². The molecule has 2 heteroatoms. The van der Waals surface area contributed by atoms with Gasteiger partial charge in [0.25, 0.3) is 0 Å². The second-order valence-electron chi connectivity index (χ2n) is 10.2. The van der Waals surface area contributed by atoms with Crippen molar-refractivity contribution in [2.24, 2.45) is 16.7 Å². The summed E-state index contributed by atoms with van der Waals surface area (Å²) in [4.78, 5) is 0. The lowest BCUT2D eigenvalue weighted by Gasteiger charge is -2.46. The molecule has 2 aliphatic carbocycles. The zero-order chi connectivity index (χ0) is 16.0. The Bertz CT molecular complexity index is 438. The van der Waals surface area contributed by atoms with Crippen LogP contribution in [-0.2, 0) is 4.74 Å². The van der Waals surface area contributed by atoms with Gasteiger partial charge in [-0.05, 0) is 75.0 Å². The molecule has 0 aromatic heterocycles. The molecular weight excluding hydrogens is 282 g/mol. The quantitative estimate of drug-likeness (QED) is 0.673. The van der Waals surface area contributed by atoms with E-state index in [4.69, 9.17) is 4.74 Å². The van der Waals surface area contributed by atoms with Crippen molar-refractivity contribution >= 4 is 0 Å². The molecule has 2 nitrogen and oxygen atoms in total. The van der Waals surface area contributed by atoms with Crippen molar-refractivity contribution in [2.75, 3.05) is 13.2 Å². The van der Waals surface area contributed by atoms with Gasteiger partial charge in [0.2, 0.25) is 0 Å². The van der Waals surface area contributed by atoms with Gasteiger partial charge in [0.05, 0.1) is 12.2 Å². The van der Waals surface area contributed by atoms with E-state index in [0.29, 0.717) is 10.8 Å². The van der Waals surface area contributed by atoms with Crippen LogP contribution in [0, 0.1) is 16.7 Å². The summed E-state index contributed by atoms with van der Waals surface area (Å²) in [7, 11) is 0. The minimum absolute atomic E-state index is 0.150. The first-order valence-electron chi connectivity index (χ1n) is 10.4. The molecule has 0 aromatic carbocycles. The van der Waals surface area contributed by atoms with Crippen LogP contribution in [0.5, 0.6) is 0 Å². The third-order valence-corrected chi connectivity index (χ3v) is 7.85. The van der Waals surface area contributed by atoms with Crippen LogP contribution in [0.25, 0.3) is 0 Å². The van der Waals surface area contributed by atoms with Crippen LogP contribution >= 0.6 is 0 Å². The predicted molar refractivity (Wildman–Crippen MR) is 95.6 cm³/mol. The minimum atomic E-state index is 0.150. The average Bonchev–Trinajstić information content (AvgIpc) is 2.58. The molecule has 0 radical (unpaired) electrons. The van der Waals surface area contributed by atoms with E-state index in [0.717, 1.165) is 18.6 Å². The molecule has 5 unspecified atom stereocenters. The third kappa shape index (κ3) is 3.35. The lowest BCUT2D eigenvalue weighted by atomic mass is 9.61. The van der Waals surface area contributed by atoms with Crippen molar-refractivity contribution in [1.82, 2.24) is 5.32 Å². The van der Waals surface area contributed by atoms with Crippen molar-refractivity contribution < 1.29 is 4.74 Å². The van der Waals surface area contributed by atoms with Gasteiger partial charge in [-0.3, -0.25) is 0 Å². The lowest BCUT2D eigenvalue weighted by molar-refractivity contribution is -0.101. The Morgan fingerprint density at radius 3 is 2.74 bits per heavy atom. The first-order valence-corrected chi connectivity index (χ1v) is 10.4. The zero-order valence-electron chi connectivity index (χ0n) is 15.5. The van der Waals surface area contributed by atoms with Crippen molar-refractivity contribution in [3.63, 3.8) is 0 Å². The van der Waals surface area contributed by atoms with Crippen LogP contribution in [-0.4, -0.2) is 24.8 Å². The fraction of sp³-hybridized carbons (Fsp3) is 1.00. The Morgan fingerprint density at radius 1 is 0.913 bits per heavy atom. The standard InChI is InChI=1S/C21H37NO/c1-19-9-6-11-21(14-19)13-18(22-15-19)17-7-4-3-5-10-20(2,12-8-17)23-16-21/h17-18,22H,3-16H2,1-2H3. The molecule has 4 fully saturated rings. The summed E-state index contributed by atoms with van der Waals surface area (Å²) in [5.41, 5.74) is 1.12. The van der Waals surface area contributed by atoms with Gasteiger partial charge < -0.3 is 10.1 Å². The minimum Gasteiger partial charge on any atom is -0.375 e. The normalized spacial score (nSPS) is 51.4. The highest BCUT2D eigenvalue weighted by Crippen LogP contribution is 2.53. The molecule has 2 aliphatic heterocycles. The second kappa shape index (κ2) is 6.02. The van der Waals surface area contributed by atoms with E-state index < -0.39 is 0 Å². The van der Waals surface area contributed by atoms with Gasteiger partial charge in [-0.2, -0.15) is 0 Å². The van der Waals surface area contributed by atoms with E-state index >= 15 is 0 Å². The van der Waals surface area contributed by atoms with Crippen LogP contribution < -0.4 is 5.32 Å². The number of hydrogen-bond donors (Lipinski definition) is 1. The van der Waals surface area contributed by atoms with Gasteiger partial charge in [0, 0.05) is 12.6 Å². The lowest BCUT2D eigenvalue weighted by Crippen LogP contribution is -2.41. The molecule has 5 atom stereocenters. The van der Waals surface area contributed by atoms with Crippen molar-refractivity contribution in [2.45, 2.75) is 103 Å². The maximum absolute atomic E-state index is 6.76. The molecule has 2 heterocycles. The largest absolute Gasteiger partial charge is 0.375 e. The van der Waals surface area contributed by atoms with Gasteiger partial charge >= 0.3 is 0 Å². The highest BCUT2D eigenvalue weighted by molar-refractivity contribution is 5.02. The molecular formula is C21H37NO. The second-order valence-corrected chi connectivity index (χ2v) is 10.2. The average molecular weight is 320 g/mol. The Kier molecular flexibility index (Phi) is 4.29. The molecule has 2 saturated heterocycles. The summed E-state index contributed by atoms with van der Waals surface area (Å²) in [6.07, 6.45) is 16.6. The van der Waals surface area contributed by atoms with Crippen LogP contribution in [0.1, 0.15) is 90.9 Å². The predicted octanol–water partition coefficient (Wildman–Crippen LogP) is 5.06. The SMILES string of the molecule is CC12CCCC3(COC4(C)CCCCCC(CC4)C(C3)NC1)C2. The number of rotatable bonds is 0. The van der Waals surface area contributed by atoms with Crippen molar-refractivity contribution in [3.8, 4) is 0 Å². The Labute approximate surface area is 143 Å².